The minimum Gasteiger partial charge on any atom is -0.357 e. The molecule has 0 spiro atoms. The van der Waals surface area contributed by atoms with Crippen LogP contribution >= 0.6 is 23.2 Å². The smallest absolute Gasteiger partial charge is 0.244 e. The number of nitrogens with zero attached hydrogens (tertiary/aromatic N) is 1. The van der Waals surface area contributed by atoms with Crippen LogP contribution in [0, 0.1) is 0 Å². The molecule has 1 aromatic carbocycles. The summed E-state index contributed by atoms with van der Waals surface area (Å²) in [6, 6.07) is 2.87. The molecule has 1 aliphatic rings. The van der Waals surface area contributed by atoms with Crippen LogP contribution in [-0.2, 0) is 10.0 Å². The Morgan fingerprint density at radius 1 is 1.26 bits per heavy atom. The van der Waals surface area contributed by atoms with Gasteiger partial charge in [-0.25, -0.2) is 8.42 Å². The summed E-state index contributed by atoms with van der Waals surface area (Å²) in [7, 11) is -3.55. The first-order valence-electron chi connectivity index (χ1n) is 5.75. The fourth-order valence-electron chi connectivity index (χ4n) is 1.90. The molecule has 4 nitrogen and oxygen atoms in total. The molecule has 0 saturated carbocycles. The zero-order valence-corrected chi connectivity index (χ0v) is 12.3. The number of benzene rings is 1. The molecule has 0 aromatic heterocycles. The van der Waals surface area contributed by atoms with Crippen LogP contribution in [0.4, 0.5) is 10.1 Å². The van der Waals surface area contributed by atoms with E-state index in [-0.39, 0.29) is 23.3 Å². The second-order valence-electron chi connectivity index (χ2n) is 4.20. The third kappa shape index (κ3) is 3.13. The van der Waals surface area contributed by atoms with E-state index in [1.807, 2.05) is 4.90 Å². The molecular formula is C11H13Cl2FN2O2S. The topological polar surface area (TPSA) is 49.4 Å². The summed E-state index contributed by atoms with van der Waals surface area (Å²) < 4.78 is 38.4. The van der Waals surface area contributed by atoms with E-state index in [0.29, 0.717) is 30.1 Å². The molecule has 0 aliphatic carbocycles. The highest BCUT2D eigenvalue weighted by molar-refractivity contribution is 7.89. The van der Waals surface area contributed by atoms with Gasteiger partial charge in [-0.05, 0) is 25.0 Å². The lowest BCUT2D eigenvalue weighted by molar-refractivity contribution is 0.460. The van der Waals surface area contributed by atoms with Gasteiger partial charge in [-0.1, -0.05) is 23.2 Å². The molecule has 19 heavy (non-hydrogen) atoms. The second-order valence-corrected chi connectivity index (χ2v) is 6.75. The molecule has 0 bridgehead atoms. The Labute approximate surface area is 121 Å². The van der Waals surface area contributed by atoms with E-state index in [1.54, 1.807) is 0 Å². The fourth-order valence-corrected chi connectivity index (χ4v) is 3.51. The van der Waals surface area contributed by atoms with Gasteiger partial charge in [0.05, 0.1) is 29.1 Å². The Hall–Kier alpha value is -0.560. The first-order chi connectivity index (χ1) is 8.95. The van der Waals surface area contributed by atoms with Crippen LogP contribution < -0.4 is 9.62 Å². The van der Waals surface area contributed by atoms with Crippen LogP contribution in [-0.4, -0.2) is 28.3 Å². The molecule has 0 atom stereocenters. The Kier molecular flexibility index (Phi) is 4.55. The Morgan fingerprint density at radius 2 is 1.95 bits per heavy atom. The number of sulfonamides is 1. The van der Waals surface area contributed by atoms with E-state index >= 15 is 0 Å². The largest absolute Gasteiger partial charge is 0.357 e. The van der Waals surface area contributed by atoms with Crippen LogP contribution in [0.2, 0.25) is 10.0 Å². The zero-order valence-electron chi connectivity index (χ0n) is 10.00. The van der Waals surface area contributed by atoms with Crippen molar-refractivity contribution in [3.63, 3.8) is 0 Å². The second kappa shape index (κ2) is 5.83. The number of nitrogens with one attached hydrogen (secondary N) is 1. The fraction of sp³-hybridized carbons (Fsp3) is 0.455. The Morgan fingerprint density at radius 3 is 2.63 bits per heavy atom. The van der Waals surface area contributed by atoms with Gasteiger partial charge >= 0.3 is 0 Å². The van der Waals surface area contributed by atoms with Crippen molar-refractivity contribution >= 4 is 38.9 Å². The molecule has 8 heteroatoms. The van der Waals surface area contributed by atoms with Crippen molar-refractivity contribution in [3.8, 4) is 0 Å². The van der Waals surface area contributed by atoms with Crippen molar-refractivity contribution in [3.05, 3.63) is 22.2 Å². The van der Waals surface area contributed by atoms with E-state index in [9.17, 15) is 12.8 Å². The van der Waals surface area contributed by atoms with Crippen molar-refractivity contribution in [2.75, 3.05) is 24.8 Å². The summed E-state index contributed by atoms with van der Waals surface area (Å²) in [5.41, 5.74) is 0.506. The first-order valence-corrected chi connectivity index (χ1v) is 7.99. The monoisotopic (exact) mass is 326 g/mol. The van der Waals surface area contributed by atoms with Crippen molar-refractivity contribution in [1.82, 2.24) is 4.72 Å². The summed E-state index contributed by atoms with van der Waals surface area (Å²) >= 11 is 11.8. The lowest BCUT2D eigenvalue weighted by atomic mass is 10.2. The highest BCUT2D eigenvalue weighted by Crippen LogP contribution is 2.35. The van der Waals surface area contributed by atoms with E-state index in [2.05, 4.69) is 4.72 Å². The zero-order chi connectivity index (χ0) is 14.0. The number of hydrogen-bond acceptors (Lipinski definition) is 3. The van der Waals surface area contributed by atoms with Crippen LogP contribution in [0.15, 0.2) is 17.0 Å². The van der Waals surface area contributed by atoms with E-state index in [4.69, 9.17) is 23.2 Å². The van der Waals surface area contributed by atoms with Gasteiger partial charge in [-0.2, -0.15) is 4.72 Å². The lowest BCUT2D eigenvalue weighted by Crippen LogP contribution is -2.43. The van der Waals surface area contributed by atoms with Gasteiger partial charge in [0.15, 0.2) is 0 Å². The Bertz CT molecular complexity index is 580. The molecule has 1 aromatic rings. The predicted molar refractivity (Wildman–Crippen MR) is 74.2 cm³/mol. The van der Waals surface area contributed by atoms with Crippen LogP contribution in [0.5, 0.6) is 0 Å². The number of rotatable bonds is 4. The maximum absolute atomic E-state index is 12.1. The van der Waals surface area contributed by atoms with Gasteiger partial charge < -0.3 is 4.90 Å². The van der Waals surface area contributed by atoms with Gasteiger partial charge in [0.25, 0.3) is 0 Å². The van der Waals surface area contributed by atoms with Crippen molar-refractivity contribution in [2.45, 2.75) is 17.7 Å². The predicted octanol–water partition coefficient (Wildman–Crippen LogP) is 2.80. The van der Waals surface area contributed by atoms with E-state index in [0.717, 1.165) is 0 Å². The van der Waals surface area contributed by atoms with Gasteiger partial charge in [-0.15, -0.1) is 0 Å². The average molecular weight is 327 g/mol. The van der Waals surface area contributed by atoms with Crippen LogP contribution in [0.1, 0.15) is 12.8 Å². The lowest BCUT2D eigenvalue weighted by Gasteiger charge is -2.31. The molecule has 106 valence electrons. The standard InChI is InChI=1S/C11H13Cl2FN2O2S/c12-8-5-10-11(6-9(8)13)19(17,18)15-7-16(10)4-2-1-3-14/h5-6,15H,1-4,7H2. The van der Waals surface area contributed by atoms with E-state index < -0.39 is 10.0 Å². The third-order valence-electron chi connectivity index (χ3n) is 2.89. The summed E-state index contributed by atoms with van der Waals surface area (Å²) in [5, 5.41) is 0.490. The van der Waals surface area contributed by atoms with Crippen LogP contribution in [0.3, 0.4) is 0 Å². The van der Waals surface area contributed by atoms with Crippen molar-refractivity contribution < 1.29 is 12.8 Å². The van der Waals surface area contributed by atoms with E-state index in [1.165, 1.54) is 12.1 Å². The summed E-state index contributed by atoms with van der Waals surface area (Å²) in [6.07, 6.45) is 1.08. The highest BCUT2D eigenvalue weighted by Gasteiger charge is 2.28. The van der Waals surface area contributed by atoms with Gasteiger partial charge in [0, 0.05) is 6.54 Å². The molecule has 0 unspecified atom stereocenters. The highest BCUT2D eigenvalue weighted by atomic mass is 35.5. The molecule has 0 fully saturated rings. The SMILES string of the molecule is O=S1(=O)NCN(CCCCF)c2cc(Cl)c(Cl)cc21. The molecule has 0 amide bonds. The molecular weight excluding hydrogens is 314 g/mol. The third-order valence-corrected chi connectivity index (χ3v) is 5.03. The van der Waals surface area contributed by atoms with Gasteiger partial charge in [0.1, 0.15) is 4.90 Å². The minimum absolute atomic E-state index is 0.105. The van der Waals surface area contributed by atoms with Crippen molar-refractivity contribution in [1.29, 1.82) is 0 Å². The first kappa shape index (κ1) is 14.8. The number of unbranched alkanes of at least 4 members (excludes halogenated alkanes) is 1. The van der Waals surface area contributed by atoms with Crippen LogP contribution in [0.25, 0.3) is 0 Å². The quantitative estimate of drug-likeness (QED) is 0.865. The maximum Gasteiger partial charge on any atom is 0.244 e. The minimum atomic E-state index is -3.55. The maximum atomic E-state index is 12.1. The molecule has 0 radical (unpaired) electrons. The molecule has 2 rings (SSSR count). The molecule has 0 saturated heterocycles. The summed E-state index contributed by atoms with van der Waals surface area (Å²) in [4.78, 5) is 1.92. The van der Waals surface area contributed by atoms with Crippen molar-refractivity contribution in [2.24, 2.45) is 0 Å². The number of anilines is 1. The van der Waals surface area contributed by atoms with Gasteiger partial charge in [-0.3, -0.25) is 4.39 Å². The average Bonchev–Trinajstić information content (AvgIpc) is 2.35. The number of fused-ring (bicyclic) bond motifs is 1. The summed E-state index contributed by atoms with van der Waals surface area (Å²) in [5.74, 6) is 0. The Balaban J connectivity index is 2.37. The molecule has 1 aliphatic heterocycles. The molecule has 1 heterocycles. The normalized spacial score (nSPS) is 17.3. The number of halogens is 3. The molecule has 1 N–H and O–H groups in total. The summed E-state index contributed by atoms with van der Waals surface area (Å²) in [6.45, 7) is 0.324. The number of hydrogen-bond donors (Lipinski definition) is 1. The number of alkyl halides is 1. The van der Waals surface area contributed by atoms with Gasteiger partial charge in [0.2, 0.25) is 10.0 Å².